The summed E-state index contributed by atoms with van der Waals surface area (Å²) in [6, 6.07) is 0. The van der Waals surface area contributed by atoms with Crippen LogP contribution in [0.2, 0.25) is 0 Å². The molecule has 1 aromatic rings. The van der Waals surface area contributed by atoms with Crippen LogP contribution in [0.4, 0.5) is 5.13 Å². The van der Waals surface area contributed by atoms with Gasteiger partial charge >= 0.3 is 0 Å². The van der Waals surface area contributed by atoms with E-state index in [0.717, 1.165) is 23.9 Å². The van der Waals surface area contributed by atoms with Gasteiger partial charge in [-0.25, -0.2) is 4.98 Å². The van der Waals surface area contributed by atoms with Gasteiger partial charge in [0.25, 0.3) is 0 Å². The Kier molecular flexibility index (Phi) is 4.98. The molecule has 15 heavy (non-hydrogen) atoms. The van der Waals surface area contributed by atoms with E-state index in [0.29, 0.717) is 5.92 Å². The third-order valence-corrected chi connectivity index (χ3v) is 2.71. The first-order valence-corrected chi connectivity index (χ1v) is 5.98. The first-order chi connectivity index (χ1) is 7.11. The van der Waals surface area contributed by atoms with E-state index in [1.807, 2.05) is 6.92 Å². The molecule has 0 bridgehead atoms. The van der Waals surface area contributed by atoms with Crippen LogP contribution in [0.1, 0.15) is 26.6 Å². The molecule has 1 aromatic heterocycles. The summed E-state index contributed by atoms with van der Waals surface area (Å²) < 4.78 is 9.42. The highest BCUT2D eigenvalue weighted by Gasteiger charge is 2.06. The SMILES string of the molecule is COC(C)CNc1nc(CC(C)C)ns1. The van der Waals surface area contributed by atoms with Crippen LogP contribution in [-0.4, -0.2) is 29.1 Å². The van der Waals surface area contributed by atoms with Gasteiger partial charge < -0.3 is 10.1 Å². The van der Waals surface area contributed by atoms with Crippen molar-refractivity contribution in [3.63, 3.8) is 0 Å². The van der Waals surface area contributed by atoms with Crippen molar-refractivity contribution in [2.45, 2.75) is 33.3 Å². The summed E-state index contributed by atoms with van der Waals surface area (Å²) in [5, 5.41) is 4.09. The van der Waals surface area contributed by atoms with E-state index in [2.05, 4.69) is 28.5 Å². The van der Waals surface area contributed by atoms with E-state index in [9.17, 15) is 0 Å². The first kappa shape index (κ1) is 12.4. The Morgan fingerprint density at radius 1 is 1.40 bits per heavy atom. The number of aromatic nitrogens is 2. The number of methoxy groups -OCH3 is 1. The lowest BCUT2D eigenvalue weighted by molar-refractivity contribution is 0.129. The summed E-state index contributed by atoms with van der Waals surface area (Å²) in [5.41, 5.74) is 0. The van der Waals surface area contributed by atoms with Gasteiger partial charge in [-0.1, -0.05) is 13.8 Å². The van der Waals surface area contributed by atoms with Gasteiger partial charge in [0.2, 0.25) is 5.13 Å². The normalized spacial score (nSPS) is 13.1. The van der Waals surface area contributed by atoms with Gasteiger partial charge in [0.1, 0.15) is 5.82 Å². The van der Waals surface area contributed by atoms with Crippen LogP contribution in [0.3, 0.4) is 0 Å². The van der Waals surface area contributed by atoms with Crippen LogP contribution >= 0.6 is 11.5 Å². The standard InChI is InChI=1S/C10H19N3OS/c1-7(2)5-9-12-10(15-13-9)11-6-8(3)14-4/h7-8H,5-6H2,1-4H3,(H,11,12,13). The van der Waals surface area contributed by atoms with Gasteiger partial charge in [0.15, 0.2) is 0 Å². The zero-order valence-electron chi connectivity index (χ0n) is 9.78. The molecular weight excluding hydrogens is 210 g/mol. The summed E-state index contributed by atoms with van der Waals surface area (Å²) in [5.74, 6) is 1.54. The van der Waals surface area contributed by atoms with Crippen molar-refractivity contribution in [1.82, 2.24) is 9.36 Å². The van der Waals surface area contributed by atoms with Gasteiger partial charge in [-0.15, -0.1) is 0 Å². The zero-order chi connectivity index (χ0) is 11.3. The molecule has 0 aliphatic carbocycles. The highest BCUT2D eigenvalue weighted by atomic mass is 32.1. The van der Waals surface area contributed by atoms with E-state index >= 15 is 0 Å². The fraction of sp³-hybridized carbons (Fsp3) is 0.800. The van der Waals surface area contributed by atoms with Crippen molar-refractivity contribution >= 4 is 16.7 Å². The van der Waals surface area contributed by atoms with Crippen LogP contribution in [0.25, 0.3) is 0 Å². The Morgan fingerprint density at radius 3 is 2.73 bits per heavy atom. The maximum absolute atomic E-state index is 5.14. The van der Waals surface area contributed by atoms with E-state index in [-0.39, 0.29) is 6.10 Å². The van der Waals surface area contributed by atoms with E-state index in [4.69, 9.17) is 4.74 Å². The lowest BCUT2D eigenvalue weighted by Gasteiger charge is -2.08. The molecule has 1 N–H and O–H groups in total. The van der Waals surface area contributed by atoms with Crippen molar-refractivity contribution in [3.05, 3.63) is 5.82 Å². The zero-order valence-corrected chi connectivity index (χ0v) is 10.6. The molecule has 0 amide bonds. The Bertz CT molecular complexity index is 288. The van der Waals surface area contributed by atoms with Crippen LogP contribution in [0, 0.1) is 5.92 Å². The van der Waals surface area contributed by atoms with Crippen molar-refractivity contribution in [2.24, 2.45) is 5.92 Å². The molecule has 0 aromatic carbocycles. The van der Waals surface area contributed by atoms with Crippen molar-refractivity contribution < 1.29 is 4.74 Å². The smallest absolute Gasteiger partial charge is 0.202 e. The predicted molar refractivity (Wildman–Crippen MR) is 63.4 cm³/mol. The maximum atomic E-state index is 5.14. The fourth-order valence-corrected chi connectivity index (χ4v) is 1.69. The quantitative estimate of drug-likeness (QED) is 0.812. The number of hydrogen-bond donors (Lipinski definition) is 1. The lowest BCUT2D eigenvalue weighted by Crippen LogP contribution is -2.17. The molecule has 0 spiro atoms. The minimum Gasteiger partial charge on any atom is -0.380 e. The number of nitrogens with one attached hydrogen (secondary N) is 1. The van der Waals surface area contributed by atoms with Gasteiger partial charge in [-0.2, -0.15) is 4.37 Å². The van der Waals surface area contributed by atoms with Crippen LogP contribution < -0.4 is 5.32 Å². The van der Waals surface area contributed by atoms with Crippen molar-refractivity contribution in [3.8, 4) is 0 Å². The van der Waals surface area contributed by atoms with Crippen molar-refractivity contribution in [2.75, 3.05) is 19.0 Å². The number of hydrogen-bond acceptors (Lipinski definition) is 5. The molecule has 0 aliphatic rings. The largest absolute Gasteiger partial charge is 0.380 e. The molecule has 1 atom stereocenters. The monoisotopic (exact) mass is 229 g/mol. The minimum absolute atomic E-state index is 0.197. The van der Waals surface area contributed by atoms with Crippen LogP contribution in [-0.2, 0) is 11.2 Å². The van der Waals surface area contributed by atoms with Gasteiger partial charge in [0, 0.05) is 31.6 Å². The van der Waals surface area contributed by atoms with E-state index < -0.39 is 0 Å². The third-order valence-electron chi connectivity index (χ3n) is 2.00. The molecule has 1 rings (SSSR count). The van der Waals surface area contributed by atoms with Gasteiger partial charge in [0.05, 0.1) is 6.10 Å². The summed E-state index contributed by atoms with van der Waals surface area (Å²) in [6.45, 7) is 7.12. The van der Waals surface area contributed by atoms with Crippen LogP contribution in [0.5, 0.6) is 0 Å². The Labute approximate surface area is 95.2 Å². The second-order valence-corrected chi connectivity index (χ2v) is 4.79. The molecule has 0 saturated carbocycles. The molecule has 1 heterocycles. The summed E-state index contributed by atoms with van der Waals surface area (Å²) in [4.78, 5) is 4.40. The molecule has 4 nitrogen and oxygen atoms in total. The first-order valence-electron chi connectivity index (χ1n) is 5.21. The molecule has 5 heteroatoms. The van der Waals surface area contributed by atoms with E-state index in [1.165, 1.54) is 11.5 Å². The maximum Gasteiger partial charge on any atom is 0.202 e. The highest BCUT2D eigenvalue weighted by molar-refractivity contribution is 7.09. The fourth-order valence-electron chi connectivity index (χ4n) is 1.09. The molecule has 0 radical (unpaired) electrons. The average molecular weight is 229 g/mol. The second-order valence-electron chi connectivity index (χ2n) is 4.04. The van der Waals surface area contributed by atoms with Gasteiger partial charge in [-0.05, 0) is 12.8 Å². The topological polar surface area (TPSA) is 47.0 Å². The number of anilines is 1. The number of rotatable bonds is 6. The Hall–Kier alpha value is -0.680. The molecule has 0 saturated heterocycles. The molecule has 0 aliphatic heterocycles. The summed E-state index contributed by atoms with van der Waals surface area (Å²) in [7, 11) is 1.70. The highest BCUT2D eigenvalue weighted by Crippen LogP contribution is 2.13. The van der Waals surface area contributed by atoms with Crippen molar-refractivity contribution in [1.29, 1.82) is 0 Å². The molecular formula is C10H19N3OS. The summed E-state index contributed by atoms with van der Waals surface area (Å²) >= 11 is 1.42. The van der Waals surface area contributed by atoms with E-state index in [1.54, 1.807) is 7.11 Å². The Balaban J connectivity index is 2.39. The number of ether oxygens (including phenoxy) is 1. The predicted octanol–water partition coefficient (Wildman–Crippen LogP) is 2.18. The lowest BCUT2D eigenvalue weighted by atomic mass is 10.1. The van der Waals surface area contributed by atoms with Crippen LogP contribution in [0.15, 0.2) is 0 Å². The average Bonchev–Trinajstić information content (AvgIpc) is 2.61. The van der Waals surface area contributed by atoms with Gasteiger partial charge in [-0.3, -0.25) is 0 Å². The molecule has 86 valence electrons. The minimum atomic E-state index is 0.197. The molecule has 0 fully saturated rings. The number of nitrogens with zero attached hydrogens (tertiary/aromatic N) is 2. The third kappa shape index (κ3) is 4.57. The summed E-state index contributed by atoms with van der Waals surface area (Å²) in [6.07, 6.45) is 1.14. The molecule has 1 unspecified atom stereocenters. The second kappa shape index (κ2) is 6.02. The Morgan fingerprint density at radius 2 is 2.13 bits per heavy atom.